The summed E-state index contributed by atoms with van der Waals surface area (Å²) >= 11 is 0. The van der Waals surface area contributed by atoms with Gasteiger partial charge in [-0.1, -0.05) is 18.2 Å². The minimum Gasteiger partial charge on any atom is -0.447 e. The molecule has 0 aliphatic heterocycles. The first-order chi connectivity index (χ1) is 7.77. The number of fused-ring (bicyclic) bond motifs is 1. The zero-order valence-electron chi connectivity index (χ0n) is 8.84. The van der Waals surface area contributed by atoms with Crippen LogP contribution >= 0.6 is 0 Å². The molecule has 1 aromatic carbocycles. The highest BCUT2D eigenvalue weighted by Gasteiger charge is 2.18. The number of amides is 1. The van der Waals surface area contributed by atoms with Crippen LogP contribution in [0.3, 0.4) is 0 Å². The summed E-state index contributed by atoms with van der Waals surface area (Å²) < 4.78 is 5.34. The van der Waals surface area contributed by atoms with Crippen LogP contribution in [0.4, 0.5) is 5.88 Å². The Balaban J connectivity index is 2.53. The average molecular weight is 217 g/mol. The molecule has 4 nitrogen and oxygen atoms in total. The van der Waals surface area contributed by atoms with Crippen molar-refractivity contribution in [3.8, 4) is 0 Å². The number of carbonyl (C=O) groups is 2. The highest BCUT2D eigenvalue weighted by atomic mass is 16.3. The molecular formula is C12H11NO3. The topological polar surface area (TPSA) is 50.5 Å². The van der Waals surface area contributed by atoms with Gasteiger partial charge in [-0.2, -0.15) is 0 Å². The van der Waals surface area contributed by atoms with Crippen molar-refractivity contribution in [1.29, 1.82) is 0 Å². The van der Waals surface area contributed by atoms with E-state index in [0.717, 1.165) is 10.8 Å². The Morgan fingerprint density at radius 2 is 2.19 bits per heavy atom. The normalized spacial score (nSPS) is 10.3. The number of nitrogens with zero attached hydrogens (tertiary/aromatic N) is 1. The largest absolute Gasteiger partial charge is 0.447 e. The Hall–Kier alpha value is -2.10. The zero-order valence-corrected chi connectivity index (χ0v) is 8.84. The summed E-state index contributed by atoms with van der Waals surface area (Å²) in [4.78, 5) is 23.2. The third-order valence-electron chi connectivity index (χ3n) is 2.42. The number of benzene rings is 1. The molecule has 1 aromatic heterocycles. The first kappa shape index (κ1) is 10.4. The predicted molar refractivity (Wildman–Crippen MR) is 60.3 cm³/mol. The molecule has 4 heteroatoms. The maximum atomic E-state index is 11.4. The molecule has 2 rings (SSSR count). The number of rotatable bonds is 3. The third-order valence-corrected chi connectivity index (χ3v) is 2.42. The first-order valence-electron chi connectivity index (χ1n) is 5.00. The number of likely N-dealkylation sites (N-methyl/N-ethyl adjacent to an activating group) is 1. The van der Waals surface area contributed by atoms with Crippen molar-refractivity contribution >= 4 is 28.8 Å². The average Bonchev–Trinajstić information content (AvgIpc) is 2.74. The van der Waals surface area contributed by atoms with Gasteiger partial charge in [-0.15, -0.1) is 0 Å². The Kier molecular flexibility index (Phi) is 2.72. The molecule has 0 fully saturated rings. The minimum absolute atomic E-state index is 0.292. The highest BCUT2D eigenvalue weighted by molar-refractivity contribution is 6.31. The van der Waals surface area contributed by atoms with Gasteiger partial charge < -0.3 is 4.42 Å². The fourth-order valence-corrected chi connectivity index (χ4v) is 1.65. The van der Waals surface area contributed by atoms with Gasteiger partial charge in [-0.25, -0.2) is 0 Å². The van der Waals surface area contributed by atoms with E-state index in [2.05, 4.69) is 0 Å². The van der Waals surface area contributed by atoms with Crippen LogP contribution in [0.2, 0.25) is 0 Å². The van der Waals surface area contributed by atoms with Crippen LogP contribution in [0.1, 0.15) is 6.92 Å². The second-order valence-electron chi connectivity index (χ2n) is 3.33. The van der Waals surface area contributed by atoms with Gasteiger partial charge in [0.1, 0.15) is 6.26 Å². The summed E-state index contributed by atoms with van der Waals surface area (Å²) in [6.45, 7) is 2.19. The summed E-state index contributed by atoms with van der Waals surface area (Å²) in [6, 6.07) is 7.50. The van der Waals surface area contributed by atoms with Crippen molar-refractivity contribution < 1.29 is 14.0 Å². The van der Waals surface area contributed by atoms with E-state index in [0.29, 0.717) is 18.7 Å². The van der Waals surface area contributed by atoms with E-state index in [1.807, 2.05) is 24.3 Å². The van der Waals surface area contributed by atoms with Crippen LogP contribution in [0.15, 0.2) is 34.9 Å². The van der Waals surface area contributed by atoms with Gasteiger partial charge in [0.2, 0.25) is 12.2 Å². The molecule has 0 saturated carbocycles. The van der Waals surface area contributed by atoms with E-state index in [1.165, 1.54) is 4.90 Å². The summed E-state index contributed by atoms with van der Waals surface area (Å²) in [5.41, 5.74) is 0. The fourth-order valence-electron chi connectivity index (χ4n) is 1.65. The molecule has 0 bridgehead atoms. The maximum Gasteiger partial charge on any atom is 0.293 e. The Morgan fingerprint density at radius 3 is 2.88 bits per heavy atom. The van der Waals surface area contributed by atoms with Crippen molar-refractivity contribution in [1.82, 2.24) is 0 Å². The molecule has 1 heterocycles. The van der Waals surface area contributed by atoms with Crippen molar-refractivity contribution in [2.24, 2.45) is 0 Å². The molecule has 0 unspecified atom stereocenters. The van der Waals surface area contributed by atoms with Gasteiger partial charge in [-0.3, -0.25) is 14.5 Å². The van der Waals surface area contributed by atoms with Crippen molar-refractivity contribution in [2.45, 2.75) is 6.92 Å². The quantitative estimate of drug-likeness (QED) is 0.583. The number of anilines is 1. The maximum absolute atomic E-state index is 11.4. The molecule has 2 aromatic rings. The number of hydrogen-bond acceptors (Lipinski definition) is 3. The number of carbonyl (C=O) groups excluding carboxylic acids is 2. The lowest BCUT2D eigenvalue weighted by molar-refractivity contribution is -0.129. The standard InChI is InChI=1S/C12H11NO3/c1-2-13(11(15)7-14)12-10-6-4-3-5-9(10)8-16-12/h3-8H,2H2,1H3. The lowest BCUT2D eigenvalue weighted by atomic mass is 10.2. The van der Waals surface area contributed by atoms with Crippen LogP contribution in [-0.2, 0) is 9.59 Å². The second-order valence-corrected chi connectivity index (χ2v) is 3.33. The van der Waals surface area contributed by atoms with E-state index in [-0.39, 0.29) is 0 Å². The van der Waals surface area contributed by atoms with Crippen molar-refractivity contribution in [3.63, 3.8) is 0 Å². The van der Waals surface area contributed by atoms with Crippen molar-refractivity contribution in [3.05, 3.63) is 30.5 Å². The molecule has 0 N–H and O–H groups in total. The Bertz CT molecular complexity index is 530. The number of hydrogen-bond donors (Lipinski definition) is 0. The summed E-state index contributed by atoms with van der Waals surface area (Å²) in [7, 11) is 0. The van der Waals surface area contributed by atoms with Crippen molar-refractivity contribution in [2.75, 3.05) is 11.4 Å². The lowest BCUT2D eigenvalue weighted by Crippen LogP contribution is -2.31. The third kappa shape index (κ3) is 1.58. The lowest BCUT2D eigenvalue weighted by Gasteiger charge is -2.14. The first-order valence-corrected chi connectivity index (χ1v) is 5.00. The van der Waals surface area contributed by atoms with Gasteiger partial charge in [0.15, 0.2) is 0 Å². The molecule has 0 aliphatic rings. The molecule has 0 saturated heterocycles. The predicted octanol–water partition coefficient (Wildman–Crippen LogP) is 1.98. The molecule has 0 radical (unpaired) electrons. The monoisotopic (exact) mass is 217 g/mol. The summed E-state index contributed by atoms with van der Waals surface area (Å²) in [5, 5.41) is 1.74. The molecule has 0 aliphatic carbocycles. The van der Waals surface area contributed by atoms with Crippen LogP contribution in [0.25, 0.3) is 10.8 Å². The molecule has 16 heavy (non-hydrogen) atoms. The van der Waals surface area contributed by atoms with E-state index in [1.54, 1.807) is 13.2 Å². The SMILES string of the molecule is CCN(C(=O)C=O)c1occ2ccccc12. The number of aldehydes is 1. The fraction of sp³-hybridized carbons (Fsp3) is 0.167. The molecular weight excluding hydrogens is 206 g/mol. The summed E-state index contributed by atoms with van der Waals surface area (Å²) in [5.74, 6) is -0.169. The highest BCUT2D eigenvalue weighted by Crippen LogP contribution is 2.28. The molecule has 82 valence electrons. The molecule has 1 amide bonds. The Morgan fingerprint density at radius 1 is 1.44 bits per heavy atom. The smallest absolute Gasteiger partial charge is 0.293 e. The molecule has 0 atom stereocenters. The van der Waals surface area contributed by atoms with Crippen LogP contribution in [0.5, 0.6) is 0 Å². The zero-order chi connectivity index (χ0) is 11.5. The van der Waals surface area contributed by atoms with Gasteiger partial charge in [0.05, 0.1) is 0 Å². The van der Waals surface area contributed by atoms with E-state index < -0.39 is 5.91 Å². The number of furan rings is 1. The van der Waals surface area contributed by atoms with Crippen LogP contribution < -0.4 is 4.90 Å². The molecule has 0 spiro atoms. The summed E-state index contributed by atoms with van der Waals surface area (Å²) in [6.07, 6.45) is 1.87. The van der Waals surface area contributed by atoms with E-state index in [4.69, 9.17) is 4.42 Å². The van der Waals surface area contributed by atoms with Gasteiger partial charge in [-0.05, 0) is 13.0 Å². The Labute approximate surface area is 92.5 Å². The van der Waals surface area contributed by atoms with Gasteiger partial charge in [0.25, 0.3) is 5.91 Å². The van der Waals surface area contributed by atoms with Gasteiger partial charge >= 0.3 is 0 Å². The van der Waals surface area contributed by atoms with E-state index >= 15 is 0 Å². The van der Waals surface area contributed by atoms with Crippen LogP contribution in [0, 0.1) is 0 Å². The van der Waals surface area contributed by atoms with Crippen LogP contribution in [-0.4, -0.2) is 18.7 Å². The minimum atomic E-state index is -0.595. The second kappa shape index (κ2) is 4.18. The van der Waals surface area contributed by atoms with E-state index in [9.17, 15) is 9.59 Å². The van der Waals surface area contributed by atoms with Gasteiger partial charge in [0, 0.05) is 17.3 Å².